The first-order valence-electron chi connectivity index (χ1n) is 10.2. The largest absolute Gasteiger partial charge is 0.497 e. The number of aliphatic hydroxyl groups is 1. The van der Waals surface area contributed by atoms with Crippen LogP contribution in [0.3, 0.4) is 0 Å². The highest BCUT2D eigenvalue weighted by Gasteiger charge is 2.56. The fourth-order valence-electron chi connectivity index (χ4n) is 4.62. The molecule has 30 heavy (non-hydrogen) atoms. The number of hydrogen-bond acceptors (Lipinski definition) is 8. The van der Waals surface area contributed by atoms with Crippen LogP contribution in [0.1, 0.15) is 12.8 Å². The Morgan fingerprint density at radius 3 is 2.70 bits per heavy atom. The van der Waals surface area contributed by atoms with Gasteiger partial charge in [0.25, 0.3) is 5.91 Å². The van der Waals surface area contributed by atoms with Crippen molar-refractivity contribution in [1.29, 1.82) is 0 Å². The first-order valence-corrected chi connectivity index (χ1v) is 10.2. The minimum atomic E-state index is -0.476. The van der Waals surface area contributed by atoms with E-state index in [-0.39, 0.29) is 31.4 Å². The molecule has 1 aromatic carbocycles. The zero-order valence-electron chi connectivity index (χ0n) is 17.6. The molecule has 4 rings (SSSR count). The maximum atomic E-state index is 13.2. The Morgan fingerprint density at radius 2 is 2.00 bits per heavy atom. The highest BCUT2D eigenvalue weighted by molar-refractivity contribution is 6.00. The lowest BCUT2D eigenvalue weighted by Gasteiger charge is -2.44. The minimum absolute atomic E-state index is 0.0666. The summed E-state index contributed by atoms with van der Waals surface area (Å²) in [5.74, 6) is 1.22. The van der Waals surface area contributed by atoms with Gasteiger partial charge in [0.15, 0.2) is 0 Å². The Bertz CT molecular complexity index is 821. The Kier molecular flexibility index (Phi) is 5.72. The van der Waals surface area contributed by atoms with Gasteiger partial charge in [0.2, 0.25) is 0 Å². The maximum absolute atomic E-state index is 13.2. The molecular formula is C20H29N5O5. The van der Waals surface area contributed by atoms with E-state index in [4.69, 9.17) is 14.6 Å². The van der Waals surface area contributed by atoms with Crippen molar-refractivity contribution in [3.05, 3.63) is 18.2 Å². The minimum Gasteiger partial charge on any atom is -0.497 e. The average Bonchev–Trinajstić information content (AvgIpc) is 3.17. The number of methoxy groups -OCH3 is 2. The molecule has 0 aromatic heterocycles. The lowest BCUT2D eigenvalue weighted by molar-refractivity contribution is -0.138. The summed E-state index contributed by atoms with van der Waals surface area (Å²) in [6.45, 7) is 1.66. The second kappa shape index (κ2) is 8.29. The summed E-state index contributed by atoms with van der Waals surface area (Å²) in [6.07, 6.45) is 0.556. The van der Waals surface area contributed by atoms with E-state index in [0.717, 1.165) is 36.7 Å². The number of rotatable bonds is 6. The first kappa shape index (κ1) is 20.7. The zero-order chi connectivity index (χ0) is 21.4. The third-order valence-electron chi connectivity index (χ3n) is 6.11. The van der Waals surface area contributed by atoms with Crippen LogP contribution in [0.2, 0.25) is 0 Å². The molecule has 3 amide bonds. The fourth-order valence-corrected chi connectivity index (χ4v) is 4.62. The van der Waals surface area contributed by atoms with Gasteiger partial charge < -0.3 is 24.4 Å². The maximum Gasteiger partial charge on any atom is 0.327 e. The SMILES string of the molecule is COc1ccc(OC)c(N2CCCN3C4C(=O)N(CCCO)C(=O)N(C)C4NC23)c1. The summed E-state index contributed by atoms with van der Waals surface area (Å²) in [5.41, 5.74) is 0.872. The van der Waals surface area contributed by atoms with E-state index >= 15 is 0 Å². The third-order valence-corrected chi connectivity index (χ3v) is 6.11. The molecule has 3 unspecified atom stereocenters. The predicted octanol–water partition coefficient (Wildman–Crippen LogP) is 0.0738. The summed E-state index contributed by atoms with van der Waals surface area (Å²) >= 11 is 0. The molecule has 10 nitrogen and oxygen atoms in total. The number of carbonyl (C=O) groups is 2. The van der Waals surface area contributed by atoms with E-state index in [0.29, 0.717) is 6.42 Å². The van der Waals surface area contributed by atoms with Crippen LogP contribution in [0.25, 0.3) is 0 Å². The van der Waals surface area contributed by atoms with Crippen LogP contribution >= 0.6 is 0 Å². The number of imide groups is 1. The van der Waals surface area contributed by atoms with Crippen LogP contribution < -0.4 is 19.7 Å². The van der Waals surface area contributed by atoms with Crippen LogP contribution in [0.15, 0.2) is 18.2 Å². The number of likely N-dealkylation sites (N-methyl/N-ethyl adjacent to an activating group) is 1. The lowest BCUT2D eigenvalue weighted by atomic mass is 10.1. The molecule has 0 spiro atoms. The van der Waals surface area contributed by atoms with Gasteiger partial charge in [-0.25, -0.2) is 4.79 Å². The Labute approximate surface area is 175 Å². The molecule has 0 radical (unpaired) electrons. The second-order valence-corrected chi connectivity index (χ2v) is 7.71. The molecule has 164 valence electrons. The van der Waals surface area contributed by atoms with Crippen molar-refractivity contribution in [3.8, 4) is 11.5 Å². The Morgan fingerprint density at radius 1 is 1.20 bits per heavy atom. The van der Waals surface area contributed by atoms with Crippen molar-refractivity contribution >= 4 is 17.6 Å². The summed E-state index contributed by atoms with van der Waals surface area (Å²) in [5, 5.41) is 12.6. The molecule has 1 aromatic rings. The van der Waals surface area contributed by atoms with Crippen molar-refractivity contribution in [3.63, 3.8) is 0 Å². The van der Waals surface area contributed by atoms with Gasteiger partial charge >= 0.3 is 6.03 Å². The molecule has 3 saturated heterocycles. The van der Waals surface area contributed by atoms with E-state index < -0.39 is 12.2 Å². The molecule has 0 saturated carbocycles. The van der Waals surface area contributed by atoms with Crippen LogP contribution in [0, 0.1) is 0 Å². The number of urea groups is 1. The van der Waals surface area contributed by atoms with Crippen molar-refractivity contribution in [2.24, 2.45) is 0 Å². The molecule has 0 aliphatic carbocycles. The van der Waals surface area contributed by atoms with E-state index in [1.807, 2.05) is 18.2 Å². The number of anilines is 1. The van der Waals surface area contributed by atoms with E-state index in [1.54, 1.807) is 26.2 Å². The summed E-state index contributed by atoms with van der Waals surface area (Å²) in [6, 6.07) is 4.83. The number of nitrogens with one attached hydrogen (secondary N) is 1. The van der Waals surface area contributed by atoms with Crippen LogP contribution in [-0.4, -0.2) is 97.8 Å². The highest BCUT2D eigenvalue weighted by atomic mass is 16.5. The van der Waals surface area contributed by atoms with Gasteiger partial charge in [0.1, 0.15) is 30.0 Å². The lowest BCUT2D eigenvalue weighted by Crippen LogP contribution is -2.66. The molecule has 3 atom stereocenters. The molecule has 0 bridgehead atoms. The van der Waals surface area contributed by atoms with Gasteiger partial charge in [-0.3, -0.25) is 19.9 Å². The van der Waals surface area contributed by atoms with Crippen molar-refractivity contribution in [2.45, 2.75) is 31.3 Å². The van der Waals surface area contributed by atoms with Crippen LogP contribution in [-0.2, 0) is 4.79 Å². The van der Waals surface area contributed by atoms with Gasteiger partial charge in [0.05, 0.1) is 19.9 Å². The average molecular weight is 419 g/mol. The molecule has 3 aliphatic rings. The van der Waals surface area contributed by atoms with Crippen molar-refractivity contribution in [2.75, 3.05) is 52.4 Å². The van der Waals surface area contributed by atoms with Gasteiger partial charge in [-0.2, -0.15) is 0 Å². The molecular weight excluding hydrogens is 390 g/mol. The van der Waals surface area contributed by atoms with Gasteiger partial charge in [0, 0.05) is 39.4 Å². The smallest absolute Gasteiger partial charge is 0.327 e. The Balaban J connectivity index is 1.66. The van der Waals surface area contributed by atoms with E-state index in [1.165, 1.54) is 4.90 Å². The summed E-state index contributed by atoms with van der Waals surface area (Å²) in [7, 11) is 4.96. The van der Waals surface area contributed by atoms with Crippen molar-refractivity contribution < 1.29 is 24.2 Å². The highest BCUT2D eigenvalue weighted by Crippen LogP contribution is 2.38. The summed E-state index contributed by atoms with van der Waals surface area (Å²) < 4.78 is 11.0. The number of amides is 3. The molecule has 3 fully saturated rings. The van der Waals surface area contributed by atoms with Crippen LogP contribution in [0.5, 0.6) is 11.5 Å². The van der Waals surface area contributed by atoms with Gasteiger partial charge in [-0.05, 0) is 25.0 Å². The Hall–Kier alpha value is -2.56. The van der Waals surface area contributed by atoms with E-state index in [9.17, 15) is 9.59 Å². The number of ether oxygens (including phenoxy) is 2. The number of benzene rings is 1. The quantitative estimate of drug-likeness (QED) is 0.669. The molecule has 10 heteroatoms. The zero-order valence-corrected chi connectivity index (χ0v) is 17.6. The molecule has 2 N–H and O–H groups in total. The summed E-state index contributed by atoms with van der Waals surface area (Å²) in [4.78, 5) is 33.1. The normalized spacial score (nSPS) is 26.7. The number of aliphatic hydroxyl groups excluding tert-OH is 1. The topological polar surface area (TPSA) is 97.8 Å². The predicted molar refractivity (Wildman–Crippen MR) is 109 cm³/mol. The number of fused-ring (bicyclic) bond motifs is 3. The monoisotopic (exact) mass is 419 g/mol. The molecule has 3 heterocycles. The number of carbonyl (C=O) groups excluding carboxylic acids is 2. The standard InChI is InChI=1S/C20H29N5O5/c1-22-17-16(18(27)25(20(22)28)10-5-11-26)24-9-4-8-23(19(24)21-17)14-12-13(29-2)6-7-15(14)30-3/h6-7,12,16-17,19,21,26H,4-5,8-11H2,1-3H3. The van der Waals surface area contributed by atoms with Gasteiger partial charge in [-0.15, -0.1) is 0 Å². The first-order chi connectivity index (χ1) is 14.5. The van der Waals surface area contributed by atoms with Crippen LogP contribution in [0.4, 0.5) is 10.5 Å². The van der Waals surface area contributed by atoms with E-state index in [2.05, 4.69) is 15.1 Å². The third kappa shape index (κ3) is 3.24. The second-order valence-electron chi connectivity index (χ2n) is 7.71. The molecule has 3 aliphatic heterocycles. The number of nitrogens with zero attached hydrogens (tertiary/aromatic N) is 4. The fraction of sp³-hybridized carbons (Fsp3) is 0.600. The van der Waals surface area contributed by atoms with Gasteiger partial charge in [-0.1, -0.05) is 0 Å². The number of hydrogen-bond donors (Lipinski definition) is 2. The van der Waals surface area contributed by atoms with Crippen molar-refractivity contribution in [1.82, 2.24) is 20.0 Å².